The Morgan fingerprint density at radius 2 is 1.79 bits per heavy atom. The molecule has 0 radical (unpaired) electrons. The van der Waals surface area contributed by atoms with Gasteiger partial charge in [0.05, 0.1) is 17.0 Å². The van der Waals surface area contributed by atoms with Crippen molar-refractivity contribution >= 4 is 23.4 Å². The average molecular weight is 346 g/mol. The maximum atomic E-state index is 12.6. The number of carbonyl (C=O) groups excluding carboxylic acids is 2. The number of nitrogens with one attached hydrogen (secondary N) is 1. The number of hydrogen-bond acceptors (Lipinski definition) is 2. The van der Waals surface area contributed by atoms with Crippen LogP contribution in [0.4, 0.5) is 0 Å². The molecule has 0 spiro atoms. The van der Waals surface area contributed by atoms with Gasteiger partial charge in [0.15, 0.2) is 0 Å². The minimum atomic E-state index is -0.0690. The number of nitrogens with zero attached hydrogens (tertiary/aromatic N) is 2. The SMILES string of the molecule is O=C(Cc1cc[nH]c1)N1CCCN(C(=O)c2ccccc2Cl)CC1. The van der Waals surface area contributed by atoms with Crippen molar-refractivity contribution in [3.63, 3.8) is 0 Å². The van der Waals surface area contributed by atoms with Crippen LogP contribution in [-0.2, 0) is 11.2 Å². The molecule has 5 nitrogen and oxygen atoms in total. The first-order chi connectivity index (χ1) is 11.6. The van der Waals surface area contributed by atoms with Crippen LogP contribution in [0.3, 0.4) is 0 Å². The third kappa shape index (κ3) is 3.79. The average Bonchev–Trinajstić information content (AvgIpc) is 2.96. The molecule has 0 bridgehead atoms. The van der Waals surface area contributed by atoms with Gasteiger partial charge >= 0.3 is 0 Å². The quantitative estimate of drug-likeness (QED) is 0.929. The molecule has 24 heavy (non-hydrogen) atoms. The highest BCUT2D eigenvalue weighted by Gasteiger charge is 2.23. The van der Waals surface area contributed by atoms with Crippen molar-refractivity contribution in [3.8, 4) is 0 Å². The first-order valence-electron chi connectivity index (χ1n) is 8.08. The molecule has 2 amide bonds. The minimum Gasteiger partial charge on any atom is -0.367 e. The first-order valence-corrected chi connectivity index (χ1v) is 8.46. The molecule has 2 aromatic rings. The first kappa shape index (κ1) is 16.6. The van der Waals surface area contributed by atoms with Crippen LogP contribution in [0.5, 0.6) is 0 Å². The van der Waals surface area contributed by atoms with E-state index in [1.165, 1.54) is 0 Å². The highest BCUT2D eigenvalue weighted by atomic mass is 35.5. The van der Waals surface area contributed by atoms with Crippen LogP contribution in [0, 0.1) is 0 Å². The summed E-state index contributed by atoms with van der Waals surface area (Å²) in [7, 11) is 0. The van der Waals surface area contributed by atoms with Crippen LogP contribution < -0.4 is 0 Å². The number of hydrogen-bond donors (Lipinski definition) is 1. The molecule has 2 heterocycles. The van der Waals surface area contributed by atoms with Crippen molar-refractivity contribution in [1.29, 1.82) is 0 Å². The Morgan fingerprint density at radius 3 is 2.54 bits per heavy atom. The number of amides is 2. The van der Waals surface area contributed by atoms with Gasteiger partial charge in [-0.3, -0.25) is 9.59 Å². The summed E-state index contributed by atoms with van der Waals surface area (Å²) < 4.78 is 0. The standard InChI is InChI=1S/C18H20ClN3O2/c19-16-5-2-1-4-15(16)18(24)22-9-3-8-21(10-11-22)17(23)12-14-6-7-20-13-14/h1-2,4-7,13,20H,3,8-12H2. The number of benzene rings is 1. The minimum absolute atomic E-state index is 0.0690. The molecule has 1 fully saturated rings. The van der Waals surface area contributed by atoms with Gasteiger partial charge in [-0.1, -0.05) is 23.7 Å². The van der Waals surface area contributed by atoms with E-state index in [4.69, 9.17) is 11.6 Å². The van der Waals surface area contributed by atoms with Crippen LogP contribution in [0.25, 0.3) is 0 Å². The topological polar surface area (TPSA) is 56.4 Å². The van der Waals surface area contributed by atoms with E-state index >= 15 is 0 Å². The number of H-pyrrole nitrogens is 1. The van der Waals surface area contributed by atoms with Crippen molar-refractivity contribution in [2.45, 2.75) is 12.8 Å². The van der Waals surface area contributed by atoms with Gasteiger partial charge in [-0.2, -0.15) is 0 Å². The molecule has 0 atom stereocenters. The second-order valence-corrected chi connectivity index (χ2v) is 6.31. The summed E-state index contributed by atoms with van der Waals surface area (Å²) in [5.41, 5.74) is 1.50. The summed E-state index contributed by atoms with van der Waals surface area (Å²) in [4.78, 5) is 31.6. The van der Waals surface area contributed by atoms with E-state index in [1.807, 2.05) is 35.5 Å². The molecule has 6 heteroatoms. The summed E-state index contributed by atoms with van der Waals surface area (Å²) in [5, 5.41) is 0.465. The van der Waals surface area contributed by atoms with Crippen molar-refractivity contribution < 1.29 is 9.59 Å². The molecule has 1 saturated heterocycles. The summed E-state index contributed by atoms with van der Waals surface area (Å²) in [6.45, 7) is 2.40. The van der Waals surface area contributed by atoms with Gasteiger partial charge in [-0.25, -0.2) is 0 Å². The number of halogens is 1. The fraction of sp³-hybridized carbons (Fsp3) is 0.333. The monoisotopic (exact) mass is 345 g/mol. The number of aromatic amines is 1. The maximum Gasteiger partial charge on any atom is 0.255 e. The van der Waals surface area contributed by atoms with E-state index in [0.717, 1.165) is 12.0 Å². The van der Waals surface area contributed by atoms with E-state index < -0.39 is 0 Å². The predicted molar refractivity (Wildman–Crippen MR) is 93.0 cm³/mol. The molecule has 0 aliphatic carbocycles. The largest absolute Gasteiger partial charge is 0.367 e. The van der Waals surface area contributed by atoms with Crippen molar-refractivity contribution in [2.24, 2.45) is 0 Å². The van der Waals surface area contributed by atoms with Gasteiger partial charge in [0.25, 0.3) is 5.91 Å². The number of rotatable bonds is 3. The third-order valence-corrected chi connectivity index (χ3v) is 4.59. The molecule has 3 rings (SSSR count). The van der Waals surface area contributed by atoms with Crippen LogP contribution in [0.15, 0.2) is 42.7 Å². The lowest BCUT2D eigenvalue weighted by molar-refractivity contribution is -0.130. The normalized spacial score (nSPS) is 15.2. The Morgan fingerprint density at radius 1 is 1.04 bits per heavy atom. The molecule has 1 aromatic heterocycles. The fourth-order valence-electron chi connectivity index (χ4n) is 2.93. The lowest BCUT2D eigenvalue weighted by Gasteiger charge is -2.22. The van der Waals surface area contributed by atoms with Crippen LogP contribution in [-0.4, -0.2) is 52.8 Å². The molecule has 0 saturated carbocycles. The van der Waals surface area contributed by atoms with Gasteiger partial charge in [-0.05, 0) is 30.2 Å². The molecule has 126 valence electrons. The second-order valence-electron chi connectivity index (χ2n) is 5.90. The van der Waals surface area contributed by atoms with E-state index in [9.17, 15) is 9.59 Å². The third-order valence-electron chi connectivity index (χ3n) is 4.26. The Hall–Kier alpha value is -2.27. The lowest BCUT2D eigenvalue weighted by Crippen LogP contribution is -2.38. The van der Waals surface area contributed by atoms with Gasteiger partial charge in [0.2, 0.25) is 5.91 Å². The van der Waals surface area contributed by atoms with Crippen LogP contribution >= 0.6 is 11.6 Å². The molecule has 1 N–H and O–H groups in total. The van der Waals surface area contributed by atoms with E-state index in [1.54, 1.807) is 17.0 Å². The zero-order chi connectivity index (χ0) is 16.9. The van der Waals surface area contributed by atoms with Gasteiger partial charge < -0.3 is 14.8 Å². The molecule has 0 unspecified atom stereocenters. The molecular formula is C18H20ClN3O2. The Labute approximate surface area is 146 Å². The van der Waals surface area contributed by atoms with Gasteiger partial charge in [-0.15, -0.1) is 0 Å². The lowest BCUT2D eigenvalue weighted by atomic mass is 10.2. The van der Waals surface area contributed by atoms with Crippen molar-refractivity contribution in [3.05, 3.63) is 58.9 Å². The predicted octanol–water partition coefficient (Wildman–Crippen LogP) is 2.59. The Balaban J connectivity index is 1.61. The van der Waals surface area contributed by atoms with Gasteiger partial charge in [0, 0.05) is 38.6 Å². The zero-order valence-corrected chi connectivity index (χ0v) is 14.1. The highest BCUT2D eigenvalue weighted by molar-refractivity contribution is 6.33. The van der Waals surface area contributed by atoms with E-state index in [2.05, 4.69) is 4.98 Å². The Kier molecular flexibility index (Phi) is 5.20. The molecule has 1 aromatic carbocycles. The smallest absolute Gasteiger partial charge is 0.255 e. The summed E-state index contributed by atoms with van der Waals surface area (Å²) in [5.74, 6) is 0.0298. The molecule has 1 aliphatic heterocycles. The number of carbonyl (C=O) groups is 2. The van der Waals surface area contributed by atoms with Gasteiger partial charge in [0.1, 0.15) is 0 Å². The zero-order valence-electron chi connectivity index (χ0n) is 13.4. The van der Waals surface area contributed by atoms with Crippen LogP contribution in [0.1, 0.15) is 22.3 Å². The maximum absolute atomic E-state index is 12.6. The second kappa shape index (κ2) is 7.53. The summed E-state index contributed by atoms with van der Waals surface area (Å²) >= 11 is 6.12. The molecular weight excluding hydrogens is 326 g/mol. The Bertz CT molecular complexity index is 715. The molecule has 1 aliphatic rings. The van der Waals surface area contributed by atoms with Crippen LogP contribution in [0.2, 0.25) is 5.02 Å². The fourth-order valence-corrected chi connectivity index (χ4v) is 3.15. The van der Waals surface area contributed by atoms with Crippen molar-refractivity contribution in [1.82, 2.24) is 14.8 Å². The van der Waals surface area contributed by atoms with Crippen molar-refractivity contribution in [2.75, 3.05) is 26.2 Å². The highest BCUT2D eigenvalue weighted by Crippen LogP contribution is 2.18. The van der Waals surface area contributed by atoms with E-state index in [0.29, 0.717) is 43.2 Å². The number of aromatic nitrogens is 1. The summed E-state index contributed by atoms with van der Waals surface area (Å²) in [6.07, 6.45) is 4.81. The van der Waals surface area contributed by atoms with E-state index in [-0.39, 0.29) is 11.8 Å². The summed E-state index contributed by atoms with van der Waals surface area (Å²) in [6, 6.07) is 8.99.